The molecule has 5 nitrogen and oxygen atoms in total. The topological polar surface area (TPSA) is 55.6 Å². The molecule has 2 aromatic carbocycles. The number of pyridine rings is 1. The van der Waals surface area contributed by atoms with E-state index in [0.717, 1.165) is 17.7 Å². The molecule has 0 amide bonds. The molecule has 0 bridgehead atoms. The molecule has 0 spiro atoms. The number of rotatable bonds is 5. The molecular weight excluding hydrogens is 310 g/mol. The first-order valence-corrected chi connectivity index (χ1v) is 8.32. The van der Waals surface area contributed by atoms with Gasteiger partial charge in [0.2, 0.25) is 0 Å². The van der Waals surface area contributed by atoms with Crippen LogP contribution in [0.1, 0.15) is 24.1 Å². The Morgan fingerprint density at radius 2 is 1.88 bits per heavy atom. The minimum absolute atomic E-state index is 0.240. The minimum Gasteiger partial charge on any atom is -0.306 e. The summed E-state index contributed by atoms with van der Waals surface area (Å²) in [5.74, 6) is 0. The maximum Gasteiger partial charge on any atom is 0.138 e. The Bertz CT molecular complexity index is 956. The second-order valence-corrected chi connectivity index (χ2v) is 6.03. The van der Waals surface area contributed by atoms with Crippen molar-refractivity contribution in [2.45, 2.75) is 19.5 Å². The first-order chi connectivity index (χ1) is 12.3. The zero-order chi connectivity index (χ0) is 17.1. The van der Waals surface area contributed by atoms with Gasteiger partial charge in [-0.25, -0.2) is 9.67 Å². The van der Waals surface area contributed by atoms with Gasteiger partial charge in [-0.15, -0.1) is 0 Å². The number of nitrogens with one attached hydrogen (secondary N) is 1. The monoisotopic (exact) mass is 329 g/mol. The second-order valence-electron chi connectivity index (χ2n) is 6.03. The zero-order valence-electron chi connectivity index (χ0n) is 14.0. The van der Waals surface area contributed by atoms with Crippen molar-refractivity contribution in [1.29, 1.82) is 0 Å². The summed E-state index contributed by atoms with van der Waals surface area (Å²) in [5.41, 5.74) is 4.51. The molecule has 5 heteroatoms. The first kappa shape index (κ1) is 15.5. The van der Waals surface area contributed by atoms with Gasteiger partial charge in [0.25, 0.3) is 0 Å². The Hall–Kier alpha value is -3.05. The third-order valence-electron chi connectivity index (χ3n) is 4.39. The van der Waals surface area contributed by atoms with Gasteiger partial charge < -0.3 is 5.32 Å². The number of hydrogen-bond donors (Lipinski definition) is 1. The highest BCUT2D eigenvalue weighted by atomic mass is 15.3. The van der Waals surface area contributed by atoms with Gasteiger partial charge in [0.15, 0.2) is 0 Å². The van der Waals surface area contributed by atoms with Crippen LogP contribution < -0.4 is 5.32 Å². The van der Waals surface area contributed by atoms with Crippen molar-refractivity contribution in [1.82, 2.24) is 25.1 Å². The smallest absolute Gasteiger partial charge is 0.138 e. The molecule has 0 fully saturated rings. The van der Waals surface area contributed by atoms with E-state index in [4.69, 9.17) is 0 Å². The zero-order valence-corrected chi connectivity index (χ0v) is 14.0. The van der Waals surface area contributed by atoms with Crippen LogP contribution in [-0.2, 0) is 6.54 Å². The molecule has 124 valence electrons. The van der Waals surface area contributed by atoms with E-state index in [2.05, 4.69) is 75.8 Å². The van der Waals surface area contributed by atoms with Gasteiger partial charge in [0.05, 0.1) is 11.2 Å². The molecule has 25 heavy (non-hydrogen) atoms. The average Bonchev–Trinajstić information content (AvgIpc) is 3.21. The summed E-state index contributed by atoms with van der Waals surface area (Å²) in [6.07, 6.45) is 5.08. The molecular formula is C20H19N5. The number of aromatic nitrogens is 4. The average molecular weight is 329 g/mol. The van der Waals surface area contributed by atoms with Crippen molar-refractivity contribution in [3.8, 4) is 5.69 Å². The standard InChI is InChI=1S/C20H19N5/c1-15(16-7-9-19(10-8-16)25-14-21-13-24-25)23-12-18-5-2-4-17-6-3-11-22-20(17)18/h2-11,13-15,23H,12H2,1H3. The highest BCUT2D eigenvalue weighted by molar-refractivity contribution is 5.81. The van der Waals surface area contributed by atoms with Crippen LogP contribution in [-0.4, -0.2) is 19.7 Å². The number of para-hydroxylation sites is 1. The number of benzene rings is 2. The Morgan fingerprint density at radius 1 is 1.04 bits per heavy atom. The lowest BCUT2D eigenvalue weighted by atomic mass is 10.1. The summed E-state index contributed by atoms with van der Waals surface area (Å²) in [6.45, 7) is 2.95. The predicted molar refractivity (Wildman–Crippen MR) is 98.4 cm³/mol. The van der Waals surface area contributed by atoms with Gasteiger partial charge in [-0.05, 0) is 36.2 Å². The summed E-state index contributed by atoms with van der Waals surface area (Å²) in [7, 11) is 0. The van der Waals surface area contributed by atoms with Crippen LogP contribution in [0.5, 0.6) is 0 Å². The van der Waals surface area contributed by atoms with Crippen LogP contribution in [0, 0.1) is 0 Å². The molecule has 4 aromatic rings. The third-order valence-corrected chi connectivity index (χ3v) is 4.39. The lowest BCUT2D eigenvalue weighted by Gasteiger charge is -2.15. The van der Waals surface area contributed by atoms with Crippen molar-refractivity contribution >= 4 is 10.9 Å². The van der Waals surface area contributed by atoms with Gasteiger partial charge in [-0.3, -0.25) is 4.98 Å². The molecule has 4 rings (SSSR count). The summed E-state index contributed by atoms with van der Waals surface area (Å²) in [6, 6.07) is 19.0. The van der Waals surface area contributed by atoms with E-state index in [1.54, 1.807) is 11.0 Å². The summed E-state index contributed by atoms with van der Waals surface area (Å²) in [4.78, 5) is 8.49. The maximum absolute atomic E-state index is 4.52. The Morgan fingerprint density at radius 3 is 2.68 bits per heavy atom. The SMILES string of the molecule is CC(NCc1cccc2cccnc12)c1ccc(-n2cncn2)cc1. The molecule has 1 N–H and O–H groups in total. The lowest BCUT2D eigenvalue weighted by Crippen LogP contribution is -2.18. The largest absolute Gasteiger partial charge is 0.306 e. The maximum atomic E-state index is 4.52. The van der Waals surface area contributed by atoms with Gasteiger partial charge in [-0.1, -0.05) is 36.4 Å². The molecule has 0 radical (unpaired) electrons. The quantitative estimate of drug-likeness (QED) is 0.607. The Labute approximate surface area is 146 Å². The molecule has 0 aliphatic carbocycles. The molecule has 0 aliphatic rings. The van der Waals surface area contributed by atoms with E-state index in [0.29, 0.717) is 0 Å². The molecule has 0 saturated carbocycles. The van der Waals surface area contributed by atoms with Gasteiger partial charge in [-0.2, -0.15) is 5.10 Å². The van der Waals surface area contributed by atoms with E-state index in [9.17, 15) is 0 Å². The van der Waals surface area contributed by atoms with Crippen LogP contribution in [0.25, 0.3) is 16.6 Å². The van der Waals surface area contributed by atoms with Crippen LogP contribution in [0.15, 0.2) is 73.4 Å². The summed E-state index contributed by atoms with van der Waals surface area (Å²) < 4.78 is 1.75. The van der Waals surface area contributed by atoms with Crippen molar-refractivity contribution < 1.29 is 0 Å². The Kier molecular flexibility index (Phi) is 4.23. The van der Waals surface area contributed by atoms with Crippen molar-refractivity contribution in [2.75, 3.05) is 0 Å². The highest BCUT2D eigenvalue weighted by Crippen LogP contribution is 2.19. The van der Waals surface area contributed by atoms with E-state index in [1.807, 2.05) is 12.3 Å². The van der Waals surface area contributed by atoms with Crippen LogP contribution >= 0.6 is 0 Å². The molecule has 2 aromatic heterocycles. The van der Waals surface area contributed by atoms with Crippen molar-refractivity contribution in [3.05, 3.63) is 84.6 Å². The van der Waals surface area contributed by atoms with Crippen molar-refractivity contribution in [3.63, 3.8) is 0 Å². The minimum atomic E-state index is 0.240. The van der Waals surface area contributed by atoms with E-state index in [-0.39, 0.29) is 6.04 Å². The summed E-state index contributed by atoms with van der Waals surface area (Å²) >= 11 is 0. The van der Waals surface area contributed by atoms with Crippen molar-refractivity contribution in [2.24, 2.45) is 0 Å². The number of hydrogen-bond acceptors (Lipinski definition) is 4. The molecule has 0 aliphatic heterocycles. The fraction of sp³-hybridized carbons (Fsp3) is 0.150. The third kappa shape index (κ3) is 3.27. The van der Waals surface area contributed by atoms with Crippen LogP contribution in [0.4, 0.5) is 0 Å². The normalized spacial score (nSPS) is 12.4. The summed E-state index contributed by atoms with van der Waals surface area (Å²) in [5, 5.41) is 8.91. The van der Waals surface area contributed by atoms with E-state index < -0.39 is 0 Å². The van der Waals surface area contributed by atoms with Gasteiger partial charge >= 0.3 is 0 Å². The molecule has 0 saturated heterocycles. The fourth-order valence-electron chi connectivity index (χ4n) is 2.95. The predicted octanol–water partition coefficient (Wildman–Crippen LogP) is 3.67. The van der Waals surface area contributed by atoms with Crippen LogP contribution in [0.2, 0.25) is 0 Å². The van der Waals surface area contributed by atoms with E-state index >= 15 is 0 Å². The van der Waals surface area contributed by atoms with Crippen LogP contribution in [0.3, 0.4) is 0 Å². The molecule has 1 unspecified atom stereocenters. The number of nitrogens with zero attached hydrogens (tertiary/aromatic N) is 4. The lowest BCUT2D eigenvalue weighted by molar-refractivity contribution is 0.576. The van der Waals surface area contributed by atoms with E-state index in [1.165, 1.54) is 22.8 Å². The second kappa shape index (κ2) is 6.83. The first-order valence-electron chi connectivity index (χ1n) is 8.32. The molecule has 2 heterocycles. The molecule has 1 atom stereocenters. The van der Waals surface area contributed by atoms with Gasteiger partial charge in [0, 0.05) is 24.2 Å². The Balaban J connectivity index is 1.47. The highest BCUT2D eigenvalue weighted by Gasteiger charge is 2.07. The van der Waals surface area contributed by atoms with Gasteiger partial charge in [0.1, 0.15) is 12.7 Å². The number of fused-ring (bicyclic) bond motifs is 1. The fourth-order valence-corrected chi connectivity index (χ4v) is 2.95.